The molecule has 0 aliphatic heterocycles. The van der Waals surface area contributed by atoms with Gasteiger partial charge in [-0.25, -0.2) is 4.39 Å². The smallest absolute Gasteiger partial charge is 0.264 e. The number of hydrogen-bond donors (Lipinski definition) is 1. The summed E-state index contributed by atoms with van der Waals surface area (Å²) in [6, 6.07) is 7.58. The van der Waals surface area contributed by atoms with Crippen LogP contribution >= 0.6 is 0 Å². The minimum atomic E-state index is -0.422. The fraction of sp³-hybridized carbons (Fsp3) is 0. The summed E-state index contributed by atoms with van der Waals surface area (Å²) in [6.45, 7) is 0. The van der Waals surface area contributed by atoms with E-state index in [2.05, 4.69) is 10.2 Å². The normalized spacial score (nSPS) is 10.9. The molecular formula is C12H8FN3O. The number of aromatic nitrogens is 3. The molecule has 1 aromatic carbocycles. The molecule has 0 saturated heterocycles. The molecule has 0 bridgehead atoms. The largest absolute Gasteiger partial charge is 0.284 e. The lowest BCUT2D eigenvalue weighted by Crippen LogP contribution is -2.18. The maximum absolute atomic E-state index is 13.1. The summed E-state index contributed by atoms with van der Waals surface area (Å²) in [7, 11) is 0. The Hall–Kier alpha value is -2.43. The van der Waals surface area contributed by atoms with Crippen LogP contribution in [0.5, 0.6) is 0 Å². The van der Waals surface area contributed by atoms with Gasteiger partial charge in [0.2, 0.25) is 0 Å². The van der Waals surface area contributed by atoms with Gasteiger partial charge in [0.05, 0.1) is 5.39 Å². The van der Waals surface area contributed by atoms with Crippen LogP contribution in [0, 0.1) is 5.82 Å². The van der Waals surface area contributed by atoms with Crippen molar-refractivity contribution >= 4 is 10.8 Å². The highest BCUT2D eigenvalue weighted by atomic mass is 19.1. The summed E-state index contributed by atoms with van der Waals surface area (Å²) in [5.41, 5.74) is -0.283. The van der Waals surface area contributed by atoms with E-state index >= 15 is 0 Å². The zero-order valence-electron chi connectivity index (χ0n) is 8.72. The Morgan fingerprint density at radius 2 is 2.12 bits per heavy atom. The highest BCUT2D eigenvalue weighted by Gasteiger charge is 2.06. The molecule has 2 heterocycles. The molecule has 3 aromatic rings. The summed E-state index contributed by atoms with van der Waals surface area (Å²) < 4.78 is 14.5. The molecule has 17 heavy (non-hydrogen) atoms. The van der Waals surface area contributed by atoms with E-state index in [9.17, 15) is 9.18 Å². The van der Waals surface area contributed by atoms with Gasteiger partial charge in [0, 0.05) is 18.5 Å². The van der Waals surface area contributed by atoms with Crippen molar-refractivity contribution in [3.8, 4) is 5.82 Å². The third-order valence-electron chi connectivity index (χ3n) is 2.60. The Morgan fingerprint density at radius 3 is 2.88 bits per heavy atom. The minimum Gasteiger partial charge on any atom is -0.284 e. The molecule has 2 aromatic heterocycles. The number of pyridine rings is 1. The Morgan fingerprint density at radius 1 is 1.24 bits per heavy atom. The van der Waals surface area contributed by atoms with Crippen molar-refractivity contribution in [3.05, 3.63) is 58.9 Å². The third-order valence-corrected chi connectivity index (χ3v) is 2.60. The number of halogens is 1. The van der Waals surface area contributed by atoms with Gasteiger partial charge in [-0.05, 0) is 23.6 Å². The molecule has 84 valence electrons. The van der Waals surface area contributed by atoms with Gasteiger partial charge in [-0.2, -0.15) is 5.10 Å². The molecule has 0 saturated carbocycles. The second-order valence-corrected chi connectivity index (χ2v) is 3.65. The number of rotatable bonds is 1. The molecule has 0 aliphatic rings. The fourth-order valence-electron chi connectivity index (χ4n) is 1.78. The maximum Gasteiger partial charge on any atom is 0.264 e. The zero-order chi connectivity index (χ0) is 11.8. The van der Waals surface area contributed by atoms with Crippen LogP contribution in [0.1, 0.15) is 0 Å². The van der Waals surface area contributed by atoms with Crippen molar-refractivity contribution < 1.29 is 4.39 Å². The molecule has 0 unspecified atom stereocenters. The number of nitrogens with one attached hydrogen (secondary N) is 1. The van der Waals surface area contributed by atoms with Gasteiger partial charge >= 0.3 is 0 Å². The topological polar surface area (TPSA) is 50.7 Å². The highest BCUT2D eigenvalue weighted by Crippen LogP contribution is 2.12. The number of aromatic amines is 1. The van der Waals surface area contributed by atoms with E-state index in [1.54, 1.807) is 30.6 Å². The minimum absolute atomic E-state index is 0.283. The number of nitrogens with zero attached hydrogens (tertiary/aromatic N) is 2. The van der Waals surface area contributed by atoms with Crippen LogP contribution in [-0.2, 0) is 0 Å². The van der Waals surface area contributed by atoms with Crippen LogP contribution < -0.4 is 5.56 Å². The first-order chi connectivity index (χ1) is 8.25. The average molecular weight is 229 g/mol. The van der Waals surface area contributed by atoms with Crippen molar-refractivity contribution in [1.29, 1.82) is 0 Å². The molecule has 3 rings (SSSR count). The van der Waals surface area contributed by atoms with Gasteiger partial charge in [0.15, 0.2) is 5.82 Å². The van der Waals surface area contributed by atoms with Gasteiger partial charge in [-0.15, -0.1) is 0 Å². The van der Waals surface area contributed by atoms with Crippen LogP contribution in [0.3, 0.4) is 0 Å². The Labute approximate surface area is 95.3 Å². The van der Waals surface area contributed by atoms with Crippen molar-refractivity contribution in [2.24, 2.45) is 0 Å². The van der Waals surface area contributed by atoms with E-state index < -0.39 is 5.82 Å². The Bertz CT molecular complexity index is 731. The van der Waals surface area contributed by atoms with Gasteiger partial charge < -0.3 is 0 Å². The Balaban J connectivity index is 2.36. The maximum atomic E-state index is 13.1. The van der Waals surface area contributed by atoms with Gasteiger partial charge in [-0.3, -0.25) is 14.5 Å². The molecule has 0 aliphatic carbocycles. The Kier molecular flexibility index (Phi) is 2.04. The second-order valence-electron chi connectivity index (χ2n) is 3.65. The van der Waals surface area contributed by atoms with Crippen LogP contribution in [0.15, 0.2) is 47.5 Å². The van der Waals surface area contributed by atoms with Crippen LogP contribution in [0.2, 0.25) is 0 Å². The zero-order valence-corrected chi connectivity index (χ0v) is 8.72. The SMILES string of the molecule is O=c1c2cc(F)ccc2ccn1-c1cc[nH]n1. The number of fused-ring (bicyclic) bond motifs is 1. The molecule has 5 heteroatoms. The van der Waals surface area contributed by atoms with Gasteiger partial charge in [0.25, 0.3) is 5.56 Å². The first kappa shape index (κ1) is 9.77. The lowest BCUT2D eigenvalue weighted by atomic mass is 10.2. The van der Waals surface area contributed by atoms with Crippen LogP contribution in [0.25, 0.3) is 16.6 Å². The van der Waals surface area contributed by atoms with Crippen molar-refractivity contribution in [1.82, 2.24) is 14.8 Å². The standard InChI is InChI=1S/C12H8FN3O/c13-9-2-1-8-4-6-16(11-3-5-14-15-11)12(17)10(8)7-9/h1-7H,(H,14,15). The monoisotopic (exact) mass is 229 g/mol. The van der Waals surface area contributed by atoms with Gasteiger partial charge in [0.1, 0.15) is 5.82 Å². The van der Waals surface area contributed by atoms with Gasteiger partial charge in [-0.1, -0.05) is 6.07 Å². The summed E-state index contributed by atoms with van der Waals surface area (Å²) in [4.78, 5) is 12.1. The molecule has 0 fully saturated rings. The van der Waals surface area contributed by atoms with E-state index in [1.165, 1.54) is 16.7 Å². The lowest BCUT2D eigenvalue weighted by Gasteiger charge is -2.03. The lowest BCUT2D eigenvalue weighted by molar-refractivity contribution is 0.629. The summed E-state index contributed by atoms with van der Waals surface area (Å²) >= 11 is 0. The number of H-pyrrole nitrogens is 1. The molecule has 1 N–H and O–H groups in total. The molecule has 4 nitrogen and oxygen atoms in total. The average Bonchev–Trinajstić information content (AvgIpc) is 2.84. The number of benzene rings is 1. The highest BCUT2D eigenvalue weighted by molar-refractivity contribution is 5.81. The van der Waals surface area contributed by atoms with Crippen LogP contribution in [-0.4, -0.2) is 14.8 Å². The first-order valence-corrected chi connectivity index (χ1v) is 5.07. The predicted molar refractivity (Wildman–Crippen MR) is 61.6 cm³/mol. The van der Waals surface area contributed by atoms with E-state index in [4.69, 9.17) is 0 Å². The fourth-order valence-corrected chi connectivity index (χ4v) is 1.78. The summed E-state index contributed by atoms with van der Waals surface area (Å²) in [5, 5.41) is 7.61. The molecule has 0 spiro atoms. The first-order valence-electron chi connectivity index (χ1n) is 5.07. The van der Waals surface area contributed by atoms with Crippen molar-refractivity contribution in [2.75, 3.05) is 0 Å². The molecule has 0 amide bonds. The van der Waals surface area contributed by atoms with E-state index in [0.717, 1.165) is 0 Å². The molecule has 0 atom stereocenters. The van der Waals surface area contributed by atoms with E-state index in [1.807, 2.05) is 0 Å². The quantitative estimate of drug-likeness (QED) is 0.692. The summed E-state index contributed by atoms with van der Waals surface area (Å²) in [6.07, 6.45) is 3.25. The van der Waals surface area contributed by atoms with Crippen LogP contribution in [0.4, 0.5) is 4.39 Å². The van der Waals surface area contributed by atoms with Crippen molar-refractivity contribution in [3.63, 3.8) is 0 Å². The number of hydrogen-bond acceptors (Lipinski definition) is 2. The van der Waals surface area contributed by atoms with Crippen molar-refractivity contribution in [2.45, 2.75) is 0 Å². The third kappa shape index (κ3) is 1.52. The predicted octanol–water partition coefficient (Wildman–Crippen LogP) is 1.85. The second kappa shape index (κ2) is 3.55. The molecular weight excluding hydrogens is 221 g/mol. The molecule has 0 radical (unpaired) electrons. The van der Waals surface area contributed by atoms with E-state index in [-0.39, 0.29) is 5.56 Å². The van der Waals surface area contributed by atoms with E-state index in [0.29, 0.717) is 16.6 Å². The summed E-state index contributed by atoms with van der Waals surface area (Å²) in [5.74, 6) is 0.0653.